The van der Waals surface area contributed by atoms with Crippen LogP contribution in [0.3, 0.4) is 0 Å². The van der Waals surface area contributed by atoms with Gasteiger partial charge in [-0.15, -0.1) is 0 Å². The van der Waals surface area contributed by atoms with Gasteiger partial charge in [-0.1, -0.05) is 6.92 Å². The molecule has 0 radical (unpaired) electrons. The molecular weight excluding hydrogens is 406 g/mol. The lowest BCUT2D eigenvalue weighted by molar-refractivity contribution is -0.147. The number of benzene rings is 1. The number of fused-ring (bicyclic) bond motifs is 4. The van der Waals surface area contributed by atoms with Crippen LogP contribution in [0, 0.1) is 23.2 Å². The number of epoxide rings is 1. The molecule has 0 bridgehead atoms. The number of rotatable bonds is 4. The van der Waals surface area contributed by atoms with Crippen LogP contribution in [0.2, 0.25) is 0 Å². The van der Waals surface area contributed by atoms with E-state index >= 15 is 0 Å². The average molecular weight is 442 g/mol. The standard InChI is InChI=1S/C26H35NO5/c1-25-6-4-7-26(15-31-26)23(25)11-18-19(24(28)32-22(18)12-25)14-27-8-5-16-9-20(29-2)21(30-3)10-17(16)13-27/h9-10,18-19,22-23H,4-8,11-15H2,1-3H3/t18-,19-,22-,23+,25-,26+/m1/s1. The van der Waals surface area contributed by atoms with Gasteiger partial charge in [-0.25, -0.2) is 0 Å². The van der Waals surface area contributed by atoms with Crippen molar-refractivity contribution in [1.29, 1.82) is 0 Å². The normalized spacial score (nSPS) is 40.3. The maximum absolute atomic E-state index is 13.0. The van der Waals surface area contributed by atoms with E-state index in [1.54, 1.807) is 14.2 Å². The number of carbonyl (C=O) groups is 1. The first-order chi connectivity index (χ1) is 15.4. The van der Waals surface area contributed by atoms with E-state index in [1.807, 2.05) is 0 Å². The molecule has 6 rings (SSSR count). The smallest absolute Gasteiger partial charge is 0.310 e. The second-order valence-corrected chi connectivity index (χ2v) is 11.1. The molecule has 6 heteroatoms. The molecule has 0 aromatic heterocycles. The number of methoxy groups -OCH3 is 2. The predicted octanol–water partition coefficient (Wildman–Crippen LogP) is 3.59. The summed E-state index contributed by atoms with van der Waals surface area (Å²) in [6.07, 6.45) is 6.81. The SMILES string of the molecule is COc1cc2c(cc1OC)CN(C[C@H]1C(=O)O[C@@H]3C[C@@]4(C)CCC[C@]5(CO5)[C@H]4C[C@@H]31)CC2. The van der Waals surface area contributed by atoms with E-state index in [-0.39, 0.29) is 29.0 Å². The predicted molar refractivity (Wildman–Crippen MR) is 119 cm³/mol. The van der Waals surface area contributed by atoms with Crippen molar-refractivity contribution in [1.82, 2.24) is 4.90 Å². The molecule has 3 aliphatic heterocycles. The minimum Gasteiger partial charge on any atom is -0.493 e. The van der Waals surface area contributed by atoms with Crippen LogP contribution in [-0.2, 0) is 27.2 Å². The van der Waals surface area contributed by atoms with Crippen LogP contribution in [0.25, 0.3) is 0 Å². The van der Waals surface area contributed by atoms with Crippen LogP contribution in [0.5, 0.6) is 11.5 Å². The van der Waals surface area contributed by atoms with Crippen LogP contribution in [0.1, 0.15) is 50.2 Å². The van der Waals surface area contributed by atoms with E-state index in [1.165, 1.54) is 30.4 Å². The Hall–Kier alpha value is -1.79. The molecule has 6 nitrogen and oxygen atoms in total. The lowest BCUT2D eigenvalue weighted by Crippen LogP contribution is -2.51. The van der Waals surface area contributed by atoms with E-state index < -0.39 is 0 Å². The first kappa shape index (κ1) is 20.8. The van der Waals surface area contributed by atoms with Gasteiger partial charge in [-0.3, -0.25) is 9.69 Å². The zero-order valence-corrected chi connectivity index (χ0v) is 19.5. The van der Waals surface area contributed by atoms with Gasteiger partial charge < -0.3 is 18.9 Å². The van der Waals surface area contributed by atoms with Crippen molar-refractivity contribution in [3.05, 3.63) is 23.3 Å². The van der Waals surface area contributed by atoms with Crippen LogP contribution in [0.15, 0.2) is 12.1 Å². The van der Waals surface area contributed by atoms with Gasteiger partial charge in [0, 0.05) is 25.6 Å². The van der Waals surface area contributed by atoms with Gasteiger partial charge in [0.05, 0.1) is 32.3 Å². The fourth-order valence-corrected chi connectivity index (χ4v) is 7.54. The van der Waals surface area contributed by atoms with Crippen molar-refractivity contribution in [3.8, 4) is 11.5 Å². The highest BCUT2D eigenvalue weighted by Crippen LogP contribution is 2.62. The molecule has 174 valence electrons. The third kappa shape index (κ3) is 3.17. The van der Waals surface area contributed by atoms with Crippen LogP contribution >= 0.6 is 0 Å². The Morgan fingerprint density at radius 1 is 1.16 bits per heavy atom. The minimum absolute atomic E-state index is 0.0196. The summed E-state index contributed by atoms with van der Waals surface area (Å²) in [4.78, 5) is 15.4. The topological polar surface area (TPSA) is 60.5 Å². The molecule has 3 heterocycles. The molecule has 5 aliphatic rings. The second kappa shape index (κ2) is 7.36. The van der Waals surface area contributed by atoms with Gasteiger partial charge in [-0.2, -0.15) is 0 Å². The molecule has 2 saturated heterocycles. The molecule has 0 amide bonds. The molecule has 0 N–H and O–H groups in total. The number of esters is 1. The Morgan fingerprint density at radius 2 is 1.91 bits per heavy atom. The second-order valence-electron chi connectivity index (χ2n) is 11.1. The number of hydrogen-bond donors (Lipinski definition) is 0. The zero-order valence-electron chi connectivity index (χ0n) is 19.5. The van der Waals surface area contributed by atoms with Gasteiger partial charge in [0.15, 0.2) is 11.5 Å². The summed E-state index contributed by atoms with van der Waals surface area (Å²) in [6.45, 7) is 5.91. The van der Waals surface area contributed by atoms with Crippen molar-refractivity contribution < 1.29 is 23.7 Å². The van der Waals surface area contributed by atoms with Crippen LogP contribution in [-0.4, -0.2) is 56.5 Å². The Balaban J connectivity index is 1.19. The molecule has 0 unspecified atom stereocenters. The Morgan fingerprint density at radius 3 is 2.62 bits per heavy atom. The van der Waals surface area contributed by atoms with Crippen molar-refractivity contribution in [2.45, 2.75) is 63.7 Å². The largest absolute Gasteiger partial charge is 0.493 e. The average Bonchev–Trinajstić information content (AvgIpc) is 3.49. The third-order valence-electron chi connectivity index (χ3n) is 9.33. The summed E-state index contributed by atoms with van der Waals surface area (Å²) in [7, 11) is 3.36. The molecular formula is C26H35NO5. The highest BCUT2D eigenvalue weighted by molar-refractivity contribution is 5.75. The summed E-state index contributed by atoms with van der Waals surface area (Å²) in [5, 5.41) is 0. The zero-order chi connectivity index (χ0) is 22.1. The highest BCUT2D eigenvalue weighted by Gasteiger charge is 2.65. The maximum atomic E-state index is 13.0. The van der Waals surface area contributed by atoms with Crippen LogP contribution < -0.4 is 9.47 Å². The van der Waals surface area contributed by atoms with E-state index in [2.05, 4.69) is 24.0 Å². The van der Waals surface area contributed by atoms with Crippen molar-refractivity contribution in [2.75, 3.05) is 33.9 Å². The Bertz CT molecular complexity index is 927. The molecule has 2 aliphatic carbocycles. The quantitative estimate of drug-likeness (QED) is 0.526. The lowest BCUT2D eigenvalue weighted by atomic mass is 9.53. The van der Waals surface area contributed by atoms with E-state index in [9.17, 15) is 4.79 Å². The third-order valence-corrected chi connectivity index (χ3v) is 9.33. The number of hydrogen-bond acceptors (Lipinski definition) is 6. The summed E-state index contributed by atoms with van der Waals surface area (Å²) in [5.74, 6) is 2.45. The first-order valence-electron chi connectivity index (χ1n) is 12.3. The lowest BCUT2D eigenvalue weighted by Gasteiger charge is -2.51. The molecule has 32 heavy (non-hydrogen) atoms. The molecule has 6 atom stereocenters. The first-order valence-corrected chi connectivity index (χ1v) is 12.3. The van der Waals surface area contributed by atoms with E-state index in [0.717, 1.165) is 57.0 Å². The fourth-order valence-electron chi connectivity index (χ4n) is 7.54. The van der Waals surface area contributed by atoms with Gasteiger partial charge >= 0.3 is 5.97 Å². The van der Waals surface area contributed by atoms with Gasteiger partial charge in [0.1, 0.15) is 6.10 Å². The van der Waals surface area contributed by atoms with Crippen LogP contribution in [0.4, 0.5) is 0 Å². The van der Waals surface area contributed by atoms with Gasteiger partial charge in [0.25, 0.3) is 0 Å². The number of ether oxygens (including phenoxy) is 4. The maximum Gasteiger partial charge on any atom is 0.310 e. The number of carbonyl (C=O) groups excluding carboxylic acids is 1. The molecule has 2 saturated carbocycles. The molecule has 4 fully saturated rings. The minimum atomic E-state index is -0.0241. The molecule has 1 aromatic carbocycles. The fraction of sp³-hybridized carbons (Fsp3) is 0.731. The Labute approximate surface area is 190 Å². The van der Waals surface area contributed by atoms with Crippen molar-refractivity contribution in [3.63, 3.8) is 0 Å². The summed E-state index contributed by atoms with van der Waals surface area (Å²) in [5.41, 5.74) is 2.94. The monoisotopic (exact) mass is 441 g/mol. The highest BCUT2D eigenvalue weighted by atomic mass is 16.6. The summed E-state index contributed by atoms with van der Waals surface area (Å²) < 4.78 is 23.1. The molecule has 1 aromatic rings. The van der Waals surface area contributed by atoms with Gasteiger partial charge in [0.2, 0.25) is 0 Å². The van der Waals surface area contributed by atoms with Gasteiger partial charge in [-0.05, 0) is 73.1 Å². The Kier molecular flexibility index (Phi) is 4.78. The molecule has 1 spiro atoms. The summed E-state index contributed by atoms with van der Waals surface area (Å²) in [6, 6.07) is 4.20. The van der Waals surface area contributed by atoms with Crippen molar-refractivity contribution in [2.24, 2.45) is 23.2 Å². The summed E-state index contributed by atoms with van der Waals surface area (Å²) >= 11 is 0. The van der Waals surface area contributed by atoms with Crippen molar-refractivity contribution >= 4 is 5.97 Å². The van der Waals surface area contributed by atoms with E-state index in [4.69, 9.17) is 18.9 Å². The number of nitrogens with zero attached hydrogens (tertiary/aromatic N) is 1. The van der Waals surface area contributed by atoms with E-state index in [0.29, 0.717) is 11.8 Å².